The van der Waals surface area contributed by atoms with Crippen LogP contribution in [0, 0.1) is 6.92 Å². The van der Waals surface area contributed by atoms with Crippen LogP contribution in [0.3, 0.4) is 0 Å². The first-order valence-corrected chi connectivity index (χ1v) is 10.4. The fourth-order valence-corrected chi connectivity index (χ4v) is 5.07. The molecule has 1 fully saturated rings. The number of para-hydroxylation sites is 2. The maximum atomic E-state index is 13.4. The molecule has 3 aromatic rings. The second kappa shape index (κ2) is 6.34. The lowest BCUT2D eigenvalue weighted by atomic mass is 9.76. The van der Waals surface area contributed by atoms with Crippen molar-refractivity contribution >= 4 is 11.7 Å². The molecule has 6 rings (SSSR count). The van der Waals surface area contributed by atoms with Crippen LogP contribution in [0.15, 0.2) is 60.7 Å². The Morgan fingerprint density at radius 1 is 1.00 bits per heavy atom. The van der Waals surface area contributed by atoms with Gasteiger partial charge in [-0.1, -0.05) is 42.5 Å². The van der Waals surface area contributed by atoms with E-state index < -0.39 is 5.60 Å². The highest BCUT2D eigenvalue weighted by atomic mass is 16.6. The van der Waals surface area contributed by atoms with E-state index in [1.54, 1.807) is 0 Å². The van der Waals surface area contributed by atoms with Gasteiger partial charge in [0.25, 0.3) is 0 Å². The molecule has 3 aromatic carbocycles. The van der Waals surface area contributed by atoms with E-state index >= 15 is 0 Å². The lowest BCUT2D eigenvalue weighted by Crippen LogP contribution is -2.33. The number of aryl methyl sites for hydroxylation is 1. The third-order valence-corrected chi connectivity index (χ3v) is 6.39. The predicted octanol–water partition coefficient (Wildman–Crippen LogP) is 4.34. The number of fused-ring (bicyclic) bond motifs is 6. The van der Waals surface area contributed by atoms with Gasteiger partial charge >= 0.3 is 5.97 Å². The molecule has 2 N–H and O–H groups in total. The maximum Gasteiger partial charge on any atom is 0.342 e. The Morgan fingerprint density at radius 2 is 1.70 bits per heavy atom. The predicted molar refractivity (Wildman–Crippen MR) is 114 cm³/mol. The van der Waals surface area contributed by atoms with Crippen molar-refractivity contribution < 1.29 is 14.3 Å². The monoisotopic (exact) mass is 398 g/mol. The molecule has 0 radical (unpaired) electrons. The van der Waals surface area contributed by atoms with Crippen LogP contribution in [0.2, 0.25) is 0 Å². The summed E-state index contributed by atoms with van der Waals surface area (Å²) in [6, 6.07) is 20.0. The first-order chi connectivity index (χ1) is 14.7. The summed E-state index contributed by atoms with van der Waals surface area (Å²) in [7, 11) is 0. The number of nitrogens with one attached hydrogen (secondary N) is 2. The molecule has 0 aromatic heterocycles. The summed E-state index contributed by atoms with van der Waals surface area (Å²) < 4.78 is 12.5. The van der Waals surface area contributed by atoms with Crippen molar-refractivity contribution in [1.82, 2.24) is 5.32 Å². The van der Waals surface area contributed by atoms with Gasteiger partial charge in [0, 0.05) is 35.0 Å². The molecule has 0 saturated carbocycles. The number of benzene rings is 3. The Hall–Kier alpha value is -3.31. The fraction of sp³-hybridized carbons (Fsp3) is 0.240. The molecule has 1 atom stereocenters. The Balaban J connectivity index is 1.63. The minimum Gasteiger partial charge on any atom is -0.456 e. The van der Waals surface area contributed by atoms with E-state index in [0.717, 1.165) is 59.0 Å². The van der Waals surface area contributed by atoms with E-state index in [2.05, 4.69) is 16.7 Å². The number of esters is 1. The second-order valence-electron chi connectivity index (χ2n) is 8.18. The van der Waals surface area contributed by atoms with Gasteiger partial charge in [-0.15, -0.1) is 0 Å². The van der Waals surface area contributed by atoms with Crippen LogP contribution in [0.4, 0.5) is 5.69 Å². The van der Waals surface area contributed by atoms with Gasteiger partial charge < -0.3 is 20.1 Å². The largest absolute Gasteiger partial charge is 0.456 e. The van der Waals surface area contributed by atoms with Crippen molar-refractivity contribution in [2.24, 2.45) is 0 Å². The molecule has 0 amide bonds. The average Bonchev–Trinajstić information content (AvgIpc) is 3.38. The molecule has 1 spiro atoms. The number of ether oxygens (including phenoxy) is 2. The molecule has 5 heteroatoms. The van der Waals surface area contributed by atoms with Crippen LogP contribution in [-0.4, -0.2) is 25.1 Å². The Bertz CT molecular complexity index is 1140. The lowest BCUT2D eigenvalue weighted by Gasteiger charge is -2.37. The Kier molecular flexibility index (Phi) is 3.71. The molecule has 0 bridgehead atoms. The number of hydrogen-bond donors (Lipinski definition) is 2. The van der Waals surface area contributed by atoms with E-state index in [1.165, 1.54) is 0 Å². The summed E-state index contributed by atoms with van der Waals surface area (Å²) in [5, 5.41) is 6.94. The molecule has 3 aliphatic heterocycles. The van der Waals surface area contributed by atoms with Gasteiger partial charge in [-0.3, -0.25) is 0 Å². The van der Waals surface area contributed by atoms with E-state index in [0.29, 0.717) is 11.6 Å². The highest BCUT2D eigenvalue weighted by molar-refractivity contribution is 6.03. The summed E-state index contributed by atoms with van der Waals surface area (Å²) in [6.07, 6.45) is 1.03. The van der Waals surface area contributed by atoms with E-state index in [-0.39, 0.29) is 5.97 Å². The summed E-state index contributed by atoms with van der Waals surface area (Å²) >= 11 is 0. The van der Waals surface area contributed by atoms with Crippen molar-refractivity contribution in [3.8, 4) is 11.5 Å². The standard InChI is InChI=1S/C25H22N2O3/c1-15-10-11-19(27-16-12-13-26-14-16)22-23(15)25(30-24(22)28)17-6-2-4-8-20(17)29-21-9-5-3-7-18(21)25/h2-11,16,26-27H,12-14H2,1H3. The van der Waals surface area contributed by atoms with E-state index in [9.17, 15) is 4.79 Å². The van der Waals surface area contributed by atoms with Crippen LogP contribution in [0.5, 0.6) is 11.5 Å². The molecular weight excluding hydrogens is 376 g/mol. The van der Waals surface area contributed by atoms with Crippen molar-refractivity contribution in [3.05, 3.63) is 88.5 Å². The smallest absolute Gasteiger partial charge is 0.342 e. The zero-order valence-corrected chi connectivity index (χ0v) is 16.7. The zero-order chi connectivity index (χ0) is 20.3. The highest BCUT2D eigenvalue weighted by Crippen LogP contribution is 2.57. The quantitative estimate of drug-likeness (QED) is 0.629. The molecule has 5 nitrogen and oxygen atoms in total. The minimum absolute atomic E-state index is 0.298. The summed E-state index contributed by atoms with van der Waals surface area (Å²) in [5.41, 5.74) is 4.12. The van der Waals surface area contributed by atoms with E-state index in [1.807, 2.05) is 61.5 Å². The second-order valence-corrected chi connectivity index (χ2v) is 8.18. The molecule has 30 heavy (non-hydrogen) atoms. The first kappa shape index (κ1) is 17.5. The number of carbonyl (C=O) groups is 1. The molecule has 150 valence electrons. The maximum absolute atomic E-state index is 13.4. The Labute approximate surface area is 175 Å². The highest BCUT2D eigenvalue weighted by Gasteiger charge is 2.55. The molecular formula is C25H22N2O3. The topological polar surface area (TPSA) is 59.6 Å². The number of carbonyl (C=O) groups excluding carboxylic acids is 1. The van der Waals surface area contributed by atoms with Crippen LogP contribution >= 0.6 is 0 Å². The zero-order valence-electron chi connectivity index (χ0n) is 16.7. The number of anilines is 1. The molecule has 3 heterocycles. The summed E-state index contributed by atoms with van der Waals surface area (Å²) in [6.45, 7) is 3.92. The van der Waals surface area contributed by atoms with Crippen LogP contribution < -0.4 is 15.4 Å². The fourth-order valence-electron chi connectivity index (χ4n) is 5.07. The SMILES string of the molecule is Cc1ccc(NC2CCNC2)c2c1C1(OC2=O)c2ccccc2Oc2ccccc21. The lowest BCUT2D eigenvalue weighted by molar-refractivity contribution is 0.0224. The van der Waals surface area contributed by atoms with Crippen molar-refractivity contribution in [2.75, 3.05) is 18.4 Å². The molecule has 3 aliphatic rings. The van der Waals surface area contributed by atoms with Crippen molar-refractivity contribution in [2.45, 2.75) is 25.0 Å². The van der Waals surface area contributed by atoms with Gasteiger partial charge in [-0.2, -0.15) is 0 Å². The van der Waals surface area contributed by atoms with Gasteiger partial charge in [0.1, 0.15) is 11.5 Å². The Morgan fingerprint density at radius 3 is 2.37 bits per heavy atom. The van der Waals surface area contributed by atoms with Crippen LogP contribution in [0.25, 0.3) is 0 Å². The minimum atomic E-state index is -1.01. The molecule has 1 saturated heterocycles. The van der Waals surface area contributed by atoms with Crippen molar-refractivity contribution in [1.29, 1.82) is 0 Å². The van der Waals surface area contributed by atoms with E-state index in [4.69, 9.17) is 9.47 Å². The van der Waals surface area contributed by atoms with Crippen LogP contribution in [-0.2, 0) is 10.3 Å². The normalized spacial score (nSPS) is 20.2. The average molecular weight is 398 g/mol. The number of rotatable bonds is 2. The molecule has 1 unspecified atom stereocenters. The number of hydrogen-bond acceptors (Lipinski definition) is 5. The van der Waals surface area contributed by atoms with Crippen molar-refractivity contribution in [3.63, 3.8) is 0 Å². The third kappa shape index (κ3) is 2.30. The first-order valence-electron chi connectivity index (χ1n) is 10.4. The van der Waals surface area contributed by atoms with Gasteiger partial charge in [-0.05, 0) is 43.7 Å². The molecule has 0 aliphatic carbocycles. The van der Waals surface area contributed by atoms with Gasteiger partial charge in [0.15, 0.2) is 5.60 Å². The van der Waals surface area contributed by atoms with Gasteiger partial charge in [0.2, 0.25) is 0 Å². The third-order valence-electron chi connectivity index (χ3n) is 6.39. The van der Waals surface area contributed by atoms with Gasteiger partial charge in [-0.25, -0.2) is 4.79 Å². The summed E-state index contributed by atoms with van der Waals surface area (Å²) in [4.78, 5) is 13.4. The van der Waals surface area contributed by atoms with Gasteiger partial charge in [0.05, 0.1) is 5.56 Å². The van der Waals surface area contributed by atoms with Crippen LogP contribution in [0.1, 0.15) is 39.0 Å². The summed E-state index contributed by atoms with van der Waals surface area (Å²) in [5.74, 6) is 1.14.